The second-order valence-electron chi connectivity index (χ2n) is 1.85. The zero-order valence-corrected chi connectivity index (χ0v) is 16.4. The van der Waals surface area contributed by atoms with Crippen LogP contribution in [0.1, 0.15) is 0 Å². The molecule has 0 aliphatic carbocycles. The lowest BCUT2D eigenvalue weighted by Gasteiger charge is -1.56. The zero-order valence-electron chi connectivity index (χ0n) is 16.4. The van der Waals surface area contributed by atoms with Crippen LogP contribution in [-0.2, 0) is 0 Å². The second kappa shape index (κ2) is 149. The topological polar surface area (TPSA) is 614 Å². The summed E-state index contributed by atoms with van der Waals surface area (Å²) in [6, 6.07) is 0. The van der Waals surface area contributed by atoms with Gasteiger partial charge in [0.05, 0.1) is 0 Å². The Hall–Kier alpha value is -6.40. The number of nitrogens with zero attached hydrogens (tertiary/aromatic N) is 16. The van der Waals surface area contributed by atoms with Crippen LogP contribution in [0.2, 0.25) is 0 Å². The van der Waals surface area contributed by atoms with Crippen LogP contribution in [0.15, 0.2) is 83.6 Å². The molecule has 32 N–H and O–H groups in total. The maximum absolute atomic E-state index is 4.36. The Balaban J connectivity index is -0.0000000343. The molecule has 0 fully saturated rings. The number of hydrogen-bond acceptors (Lipinski definition) is 16. The molecule has 0 atom stereocenters. The van der Waals surface area contributed by atoms with Crippen LogP contribution in [-0.4, -0.2) is 0 Å². The van der Waals surface area contributed by atoms with Crippen LogP contribution in [0.5, 0.6) is 0 Å². The summed E-state index contributed by atoms with van der Waals surface area (Å²) in [7, 11) is 0. The molecule has 0 unspecified atom stereocenters. The van der Waals surface area contributed by atoms with E-state index in [9.17, 15) is 0 Å². The monoisotopic (exact) mass is 480 g/mol. The van der Waals surface area contributed by atoms with E-state index in [1.54, 1.807) is 0 Å². The van der Waals surface area contributed by atoms with Gasteiger partial charge in [-0.1, -0.05) is 83.6 Å². The zero-order chi connectivity index (χ0) is 27.3. The molecule has 0 aromatic carbocycles. The van der Waals surface area contributed by atoms with E-state index in [0.717, 1.165) is 0 Å². The summed E-state index contributed by atoms with van der Waals surface area (Å²) in [4.78, 5) is 0. The summed E-state index contributed by atoms with van der Waals surface area (Å²) < 4.78 is 0. The quantitative estimate of drug-likeness (QED) is 0.0869. The van der Waals surface area contributed by atoms with Gasteiger partial charge >= 0.3 is 0 Å². The Bertz CT molecular complexity index is 242. The fourth-order valence-electron chi connectivity index (χ4n) is 0. The summed E-state index contributed by atoms with van der Waals surface area (Å²) in [5, 5.41) is 42.2. The van der Waals surface area contributed by atoms with Crippen LogP contribution in [0.3, 0.4) is 0 Å². The summed E-state index contributed by atoms with van der Waals surface area (Å²) in [5.41, 5.74) is 0. The number of rotatable bonds is 0. The average molecular weight is 480 g/mol. The van der Waals surface area contributed by atoms with Crippen molar-refractivity contribution in [2.45, 2.75) is 0 Å². The number of nitrogens with two attached hydrogens (primary N) is 16. The van der Waals surface area contributed by atoms with E-state index in [0.29, 0.717) is 0 Å². The van der Waals surface area contributed by atoms with Gasteiger partial charge in [-0.05, 0) is 0 Å². The third-order valence-corrected chi connectivity index (χ3v) is 0.533. The summed E-state index contributed by atoms with van der Waals surface area (Å²) in [6.07, 6.45) is 0. The minimum atomic E-state index is 2.64. The third-order valence-electron chi connectivity index (χ3n) is 0.533. The van der Waals surface area contributed by atoms with Crippen molar-refractivity contribution in [1.82, 2.24) is 0 Å². The molecule has 32 heavy (non-hydrogen) atoms. The van der Waals surface area contributed by atoms with Crippen molar-refractivity contribution in [3.05, 3.63) is 0 Å². The molecule has 0 aromatic heterocycles. The van der Waals surface area contributed by atoms with E-state index >= 15 is 0 Å². The standard InChI is InChI=1S/8H4N4/c8*1-3-4-2/h8*(H2,1,4)(H2,2,3). The fourth-order valence-corrected chi connectivity index (χ4v) is 0. The minimum absolute atomic E-state index is 2.64. The highest BCUT2D eigenvalue weighted by Gasteiger charge is 1.31. The van der Waals surface area contributed by atoms with Crippen LogP contribution < -0.4 is 93.5 Å². The summed E-state index contributed by atoms with van der Waals surface area (Å²) in [6.45, 7) is 0. The van der Waals surface area contributed by atoms with Gasteiger partial charge in [-0.3, -0.25) is 0 Å². The molecule has 192 valence electrons. The molecule has 0 aliphatic heterocycles. The highest BCUT2D eigenvalue weighted by atomic mass is 15.4. The molecular weight excluding hydrogens is 448 g/mol. The van der Waals surface area contributed by atoms with Crippen molar-refractivity contribution in [2.75, 3.05) is 0 Å². The molecule has 32 nitrogen and oxygen atoms in total. The third kappa shape index (κ3) is 4710. The van der Waals surface area contributed by atoms with Crippen LogP contribution >= 0.6 is 0 Å². The Morgan fingerprint density at radius 2 is 0.156 bits per heavy atom. The maximum Gasteiger partial charge on any atom is -0.0594 e. The van der Waals surface area contributed by atoms with Gasteiger partial charge in [0, 0.05) is 0 Å². The molecule has 0 radical (unpaired) electrons. The highest BCUT2D eigenvalue weighted by Crippen LogP contribution is 1.34. The van der Waals surface area contributed by atoms with Gasteiger partial charge in [-0.15, -0.1) is 0 Å². The molecule has 0 amide bonds. The van der Waals surface area contributed by atoms with Gasteiger partial charge in [0.1, 0.15) is 0 Å². The predicted octanol–water partition coefficient (Wildman–Crippen LogP) is -6.51. The molecule has 0 heterocycles. The maximum atomic E-state index is 4.36. The molecule has 0 rings (SSSR count). The Morgan fingerprint density at radius 1 is 0.125 bits per heavy atom. The summed E-state index contributed by atoms with van der Waals surface area (Å²) >= 11 is 0. The van der Waals surface area contributed by atoms with Gasteiger partial charge in [-0.25, -0.2) is 0 Å². The smallest absolute Gasteiger partial charge is 0.0594 e. The van der Waals surface area contributed by atoms with Crippen LogP contribution in [0, 0.1) is 0 Å². The van der Waals surface area contributed by atoms with Crippen molar-refractivity contribution in [3.63, 3.8) is 0 Å². The van der Waals surface area contributed by atoms with Crippen molar-refractivity contribution in [1.29, 1.82) is 0 Å². The second-order valence-corrected chi connectivity index (χ2v) is 1.85. The Labute approximate surface area is 178 Å². The SMILES string of the molecule is NN=NN.NN=NN.NN=NN.NN=NN.NN=NN.NN=NN.NN=NN.NN=NN. The van der Waals surface area contributed by atoms with E-state index in [4.69, 9.17) is 0 Å². The normalized spacial score (nSPS) is 9.00. The first-order valence-electron chi connectivity index (χ1n) is 5.73. The lowest BCUT2D eigenvalue weighted by atomic mass is 12.6. The fraction of sp³-hybridized carbons (Fsp3) is 0. The van der Waals surface area contributed by atoms with Crippen molar-refractivity contribution in [2.24, 2.45) is 177 Å². The first-order chi connectivity index (χ1) is 15.3. The van der Waals surface area contributed by atoms with Crippen LogP contribution in [0.25, 0.3) is 0 Å². The Morgan fingerprint density at radius 3 is 0.156 bits per heavy atom. The predicted molar refractivity (Wildman–Crippen MR) is 106 cm³/mol. The molecule has 0 aromatic rings. The van der Waals surface area contributed by atoms with E-state index < -0.39 is 0 Å². The Kier molecular flexibility index (Phi) is 232. The van der Waals surface area contributed by atoms with Crippen molar-refractivity contribution >= 4 is 0 Å². The van der Waals surface area contributed by atoms with E-state index in [2.05, 4.69) is 177 Å². The van der Waals surface area contributed by atoms with Gasteiger partial charge in [0.2, 0.25) is 0 Å². The van der Waals surface area contributed by atoms with Crippen molar-refractivity contribution < 1.29 is 0 Å². The number of hydrogen-bond donors (Lipinski definition) is 16. The van der Waals surface area contributed by atoms with E-state index in [1.165, 1.54) is 0 Å². The van der Waals surface area contributed by atoms with Crippen molar-refractivity contribution in [3.8, 4) is 0 Å². The van der Waals surface area contributed by atoms with Gasteiger partial charge in [-0.2, -0.15) is 0 Å². The first-order valence-corrected chi connectivity index (χ1v) is 5.73. The van der Waals surface area contributed by atoms with E-state index in [1.807, 2.05) is 0 Å². The minimum Gasteiger partial charge on any atom is -0.303 e. The van der Waals surface area contributed by atoms with Gasteiger partial charge in [0.15, 0.2) is 0 Å². The molecule has 0 saturated heterocycles. The van der Waals surface area contributed by atoms with E-state index in [-0.39, 0.29) is 0 Å². The van der Waals surface area contributed by atoms with Gasteiger partial charge in [0.25, 0.3) is 0 Å². The average Bonchev–Trinajstić information content (AvgIpc) is 2.89. The largest absolute Gasteiger partial charge is 0.303 e. The first kappa shape index (κ1) is 50.0. The molecule has 0 saturated carbocycles. The van der Waals surface area contributed by atoms with Gasteiger partial charge < -0.3 is 93.5 Å². The molecule has 0 spiro atoms. The summed E-state index contributed by atoms with van der Waals surface area (Å²) in [5.74, 6) is 69.8. The van der Waals surface area contributed by atoms with Crippen LogP contribution in [0.4, 0.5) is 0 Å². The lowest BCUT2D eigenvalue weighted by Crippen LogP contribution is -1.80. The molecular formula is H32N32. The molecule has 0 aliphatic rings. The lowest BCUT2D eigenvalue weighted by molar-refractivity contribution is 0.956. The molecule has 0 bridgehead atoms. The molecule has 32 heteroatoms. The highest BCUT2D eigenvalue weighted by molar-refractivity contribution is 3.82.